The Labute approximate surface area is 127 Å². The summed E-state index contributed by atoms with van der Waals surface area (Å²) in [4.78, 5) is 0. The van der Waals surface area contributed by atoms with E-state index in [9.17, 15) is 8.42 Å². The number of anilines is 1. The zero-order valence-electron chi connectivity index (χ0n) is 12.7. The number of nitrogens with zero attached hydrogens (tertiary/aromatic N) is 1. The molecular formula is C15H24N2O3S. The lowest BCUT2D eigenvalue weighted by molar-refractivity contribution is 0.216. The van der Waals surface area contributed by atoms with Crippen LogP contribution in [0.5, 0.6) is 5.75 Å². The Morgan fingerprint density at radius 3 is 2.81 bits per heavy atom. The summed E-state index contributed by atoms with van der Waals surface area (Å²) in [7, 11) is -3.27. The lowest BCUT2D eigenvalue weighted by atomic mass is 9.97. The Morgan fingerprint density at radius 2 is 2.10 bits per heavy atom. The molecule has 2 N–H and O–H groups in total. The fourth-order valence-corrected chi connectivity index (χ4v) is 4.29. The Morgan fingerprint density at radius 1 is 1.33 bits per heavy atom. The number of ether oxygens (including phenoxy) is 1. The number of hydrogen-bond donors (Lipinski definition) is 1. The quantitative estimate of drug-likeness (QED) is 0.845. The van der Waals surface area contributed by atoms with E-state index in [2.05, 4.69) is 6.92 Å². The first-order valence-corrected chi connectivity index (χ1v) is 8.97. The van der Waals surface area contributed by atoms with Gasteiger partial charge in [0.1, 0.15) is 12.4 Å². The smallest absolute Gasteiger partial charge is 0.217 e. The number of rotatable bonds is 5. The van der Waals surface area contributed by atoms with E-state index in [1.54, 1.807) is 28.6 Å². The van der Waals surface area contributed by atoms with Gasteiger partial charge in [-0.25, -0.2) is 8.42 Å². The third-order valence-electron chi connectivity index (χ3n) is 3.89. The Hall–Kier alpha value is -1.27. The monoisotopic (exact) mass is 312 g/mol. The van der Waals surface area contributed by atoms with Crippen LogP contribution in [0.15, 0.2) is 24.3 Å². The van der Waals surface area contributed by atoms with Gasteiger partial charge >= 0.3 is 0 Å². The van der Waals surface area contributed by atoms with E-state index in [1.807, 2.05) is 6.92 Å². The fraction of sp³-hybridized carbons (Fsp3) is 0.600. The number of piperidine rings is 1. The van der Waals surface area contributed by atoms with Crippen LogP contribution >= 0.6 is 0 Å². The number of benzene rings is 1. The third kappa shape index (κ3) is 4.35. The van der Waals surface area contributed by atoms with E-state index in [-0.39, 0.29) is 18.4 Å². The molecule has 0 aromatic heterocycles. The lowest BCUT2D eigenvalue weighted by Crippen LogP contribution is -2.46. The van der Waals surface area contributed by atoms with Gasteiger partial charge in [-0.15, -0.1) is 0 Å². The Kier molecular flexibility index (Phi) is 5.11. The van der Waals surface area contributed by atoms with Crippen molar-refractivity contribution in [1.29, 1.82) is 0 Å². The number of sulfonamides is 1. The van der Waals surface area contributed by atoms with Crippen molar-refractivity contribution in [1.82, 2.24) is 4.31 Å². The van der Waals surface area contributed by atoms with Crippen LogP contribution in [0.3, 0.4) is 0 Å². The average molecular weight is 312 g/mol. The maximum Gasteiger partial charge on any atom is 0.217 e. The van der Waals surface area contributed by atoms with E-state index < -0.39 is 10.0 Å². The minimum Gasteiger partial charge on any atom is -0.492 e. The average Bonchev–Trinajstić information content (AvgIpc) is 2.41. The van der Waals surface area contributed by atoms with E-state index in [1.165, 1.54) is 0 Å². The van der Waals surface area contributed by atoms with Crippen LogP contribution in [-0.4, -0.2) is 37.7 Å². The molecular weight excluding hydrogens is 288 g/mol. The van der Waals surface area contributed by atoms with Crippen molar-refractivity contribution in [3.63, 3.8) is 0 Å². The normalized spacial score (nSPS) is 23.9. The summed E-state index contributed by atoms with van der Waals surface area (Å²) in [5.74, 6) is 1.02. The zero-order valence-corrected chi connectivity index (χ0v) is 13.5. The first-order valence-electron chi connectivity index (χ1n) is 7.36. The van der Waals surface area contributed by atoms with E-state index >= 15 is 0 Å². The summed E-state index contributed by atoms with van der Waals surface area (Å²) in [6.07, 6.45) is 2.02. The molecule has 1 aromatic rings. The first kappa shape index (κ1) is 16.1. The summed E-state index contributed by atoms with van der Waals surface area (Å²) >= 11 is 0. The maximum atomic E-state index is 12.4. The summed E-state index contributed by atoms with van der Waals surface area (Å²) in [6.45, 7) is 4.82. The predicted molar refractivity (Wildman–Crippen MR) is 84.7 cm³/mol. The van der Waals surface area contributed by atoms with Crippen LogP contribution in [0.1, 0.15) is 26.7 Å². The second kappa shape index (κ2) is 6.66. The minimum atomic E-state index is -3.27. The molecule has 0 aliphatic carbocycles. The summed E-state index contributed by atoms with van der Waals surface area (Å²) in [5.41, 5.74) is 6.27. The van der Waals surface area contributed by atoms with Crippen molar-refractivity contribution in [2.45, 2.75) is 32.7 Å². The Bertz CT molecular complexity index is 574. The SMILES string of the molecule is CC1CCC(C)N(S(=O)(=O)CCOc2cccc(N)c2)C1. The van der Waals surface area contributed by atoms with Crippen molar-refractivity contribution in [2.24, 2.45) is 5.92 Å². The molecule has 5 nitrogen and oxygen atoms in total. The number of nitrogens with two attached hydrogens (primary N) is 1. The van der Waals surface area contributed by atoms with Crippen LogP contribution in [0, 0.1) is 5.92 Å². The molecule has 21 heavy (non-hydrogen) atoms. The minimum absolute atomic E-state index is 0.00113. The van der Waals surface area contributed by atoms with Crippen molar-refractivity contribution >= 4 is 15.7 Å². The second-order valence-corrected chi connectivity index (χ2v) is 7.88. The molecule has 118 valence electrons. The molecule has 6 heteroatoms. The first-order chi connectivity index (χ1) is 9.88. The van der Waals surface area contributed by atoms with E-state index in [4.69, 9.17) is 10.5 Å². The third-order valence-corrected chi connectivity index (χ3v) is 5.79. The van der Waals surface area contributed by atoms with Gasteiger partial charge in [0.2, 0.25) is 10.0 Å². The van der Waals surface area contributed by atoms with E-state index in [0.29, 0.717) is 23.9 Å². The summed E-state index contributed by atoms with van der Waals surface area (Å²) in [6, 6.07) is 7.10. The van der Waals surface area contributed by atoms with Gasteiger partial charge in [-0.2, -0.15) is 4.31 Å². The topological polar surface area (TPSA) is 72.6 Å². The largest absolute Gasteiger partial charge is 0.492 e. The second-order valence-electron chi connectivity index (χ2n) is 5.84. The molecule has 0 bridgehead atoms. The predicted octanol–water partition coefficient (Wildman–Crippen LogP) is 2.10. The van der Waals surface area contributed by atoms with Gasteiger partial charge in [0, 0.05) is 24.3 Å². The van der Waals surface area contributed by atoms with Gasteiger partial charge in [0.25, 0.3) is 0 Å². The van der Waals surface area contributed by atoms with Crippen molar-refractivity contribution in [3.8, 4) is 5.75 Å². The van der Waals surface area contributed by atoms with Gasteiger partial charge in [-0.05, 0) is 37.8 Å². The lowest BCUT2D eigenvalue weighted by Gasteiger charge is -2.35. The highest BCUT2D eigenvalue weighted by Crippen LogP contribution is 2.24. The molecule has 0 radical (unpaired) electrons. The standard InChI is InChI=1S/C15H24N2O3S/c1-12-6-7-13(2)17(11-12)21(18,19)9-8-20-15-5-3-4-14(16)10-15/h3-5,10,12-13H,6-9,11,16H2,1-2H3. The molecule has 1 fully saturated rings. The fourth-order valence-electron chi connectivity index (χ4n) is 2.62. The van der Waals surface area contributed by atoms with Crippen molar-refractivity contribution in [2.75, 3.05) is 24.6 Å². The van der Waals surface area contributed by atoms with Crippen LogP contribution < -0.4 is 10.5 Å². The maximum absolute atomic E-state index is 12.4. The van der Waals surface area contributed by atoms with Gasteiger partial charge in [-0.1, -0.05) is 13.0 Å². The number of hydrogen-bond acceptors (Lipinski definition) is 4. The van der Waals surface area contributed by atoms with Crippen LogP contribution in [-0.2, 0) is 10.0 Å². The van der Waals surface area contributed by atoms with Crippen LogP contribution in [0.2, 0.25) is 0 Å². The molecule has 1 aliphatic rings. The molecule has 1 heterocycles. The molecule has 0 spiro atoms. The number of nitrogen functional groups attached to an aromatic ring is 1. The van der Waals surface area contributed by atoms with Crippen molar-refractivity contribution in [3.05, 3.63) is 24.3 Å². The van der Waals surface area contributed by atoms with E-state index in [0.717, 1.165) is 12.8 Å². The Balaban J connectivity index is 1.92. The molecule has 2 atom stereocenters. The summed E-state index contributed by atoms with van der Waals surface area (Å²) < 4.78 is 32.0. The molecule has 1 saturated heterocycles. The molecule has 1 aromatic carbocycles. The highest BCUT2D eigenvalue weighted by Gasteiger charge is 2.32. The van der Waals surface area contributed by atoms with Crippen molar-refractivity contribution < 1.29 is 13.2 Å². The molecule has 2 rings (SSSR count). The summed E-state index contributed by atoms with van der Waals surface area (Å²) in [5, 5.41) is 0. The molecule has 0 saturated carbocycles. The van der Waals surface area contributed by atoms with Gasteiger partial charge in [0.15, 0.2) is 0 Å². The molecule has 1 aliphatic heterocycles. The van der Waals surface area contributed by atoms with Gasteiger partial charge in [0.05, 0.1) is 5.75 Å². The zero-order chi connectivity index (χ0) is 15.5. The molecule has 0 amide bonds. The molecule has 2 unspecified atom stereocenters. The van der Waals surface area contributed by atoms with Crippen LogP contribution in [0.25, 0.3) is 0 Å². The highest BCUT2D eigenvalue weighted by atomic mass is 32.2. The van der Waals surface area contributed by atoms with Gasteiger partial charge in [-0.3, -0.25) is 0 Å². The van der Waals surface area contributed by atoms with Gasteiger partial charge < -0.3 is 10.5 Å². The highest BCUT2D eigenvalue weighted by molar-refractivity contribution is 7.89. The van der Waals surface area contributed by atoms with Crippen LogP contribution in [0.4, 0.5) is 5.69 Å².